The minimum Gasteiger partial charge on any atom is -0.496 e. The van der Waals surface area contributed by atoms with E-state index in [9.17, 15) is 20.4 Å². The van der Waals surface area contributed by atoms with Crippen molar-refractivity contribution in [3.8, 4) is 11.5 Å². The van der Waals surface area contributed by atoms with E-state index in [1.807, 2.05) is 38.1 Å². The predicted octanol–water partition coefficient (Wildman–Crippen LogP) is 1.73. The zero-order valence-electron chi connectivity index (χ0n) is 18.5. The Kier molecular flexibility index (Phi) is 6.33. The minimum atomic E-state index is -1.74. The van der Waals surface area contributed by atoms with Crippen molar-refractivity contribution in [3.05, 3.63) is 53.1 Å². The number of hydrogen-bond donors (Lipinski definition) is 5. The third-order valence-electron chi connectivity index (χ3n) is 5.99. The average Bonchev–Trinajstić information content (AvgIpc) is 2.75. The molecule has 0 amide bonds. The van der Waals surface area contributed by atoms with E-state index in [1.165, 1.54) is 0 Å². The maximum atomic E-state index is 10.5. The number of hydrogen-bond acceptors (Lipinski definition) is 8. The van der Waals surface area contributed by atoms with Crippen LogP contribution >= 0.6 is 0 Å². The first-order valence-corrected chi connectivity index (χ1v) is 10.8. The van der Waals surface area contributed by atoms with Gasteiger partial charge in [0.25, 0.3) is 0 Å². The molecule has 0 aromatic heterocycles. The number of fused-ring (bicyclic) bond motifs is 1. The Balaban J connectivity index is 1.60. The summed E-state index contributed by atoms with van der Waals surface area (Å²) in [5, 5.41) is 43.1. The Morgan fingerprint density at radius 3 is 2.66 bits per heavy atom. The quantitative estimate of drug-likeness (QED) is 0.442. The lowest BCUT2D eigenvalue weighted by Crippen LogP contribution is -2.47. The highest BCUT2D eigenvalue weighted by Crippen LogP contribution is 2.37. The van der Waals surface area contributed by atoms with Gasteiger partial charge in [-0.3, -0.25) is 0 Å². The number of methoxy groups -OCH3 is 1. The zero-order valence-corrected chi connectivity index (χ0v) is 18.5. The molecule has 5 N–H and O–H groups in total. The van der Waals surface area contributed by atoms with Crippen LogP contribution in [-0.4, -0.2) is 64.3 Å². The fourth-order valence-electron chi connectivity index (χ4n) is 4.26. The third kappa shape index (κ3) is 4.69. The van der Waals surface area contributed by atoms with E-state index in [1.54, 1.807) is 19.2 Å². The summed E-state index contributed by atoms with van der Waals surface area (Å²) in [6, 6.07) is 11.4. The molecule has 2 aromatic carbocycles. The van der Waals surface area contributed by atoms with Crippen LogP contribution in [0.1, 0.15) is 43.1 Å². The van der Waals surface area contributed by atoms with Gasteiger partial charge in [-0.25, -0.2) is 0 Å². The largest absolute Gasteiger partial charge is 0.496 e. The van der Waals surface area contributed by atoms with Gasteiger partial charge in [0.05, 0.1) is 25.4 Å². The van der Waals surface area contributed by atoms with Crippen LogP contribution in [0.2, 0.25) is 0 Å². The van der Waals surface area contributed by atoms with E-state index in [-0.39, 0.29) is 12.0 Å². The van der Waals surface area contributed by atoms with Gasteiger partial charge in [0.1, 0.15) is 35.4 Å². The van der Waals surface area contributed by atoms with Crippen molar-refractivity contribution in [2.24, 2.45) is 0 Å². The lowest BCUT2D eigenvalue weighted by Gasteiger charge is -2.38. The first-order chi connectivity index (χ1) is 15.2. The standard InChI is InChI=1S/C24H31NO7/c1-24(2)12-25-16-9-13(4-6-19(16)32-24)8-15-10-14(5-7-18(15)30-3)22-21(27)17(26)11-20(31-22)23(28)29/h4-7,9-10,17,20-23,25-29H,8,11-12H2,1-3H3/t17-,20?,21+,22-/m0/s1. The highest BCUT2D eigenvalue weighted by molar-refractivity contribution is 5.60. The van der Waals surface area contributed by atoms with Gasteiger partial charge in [-0.15, -0.1) is 0 Å². The minimum absolute atomic E-state index is 0.0562. The monoisotopic (exact) mass is 445 g/mol. The molecule has 0 radical (unpaired) electrons. The topological polar surface area (TPSA) is 121 Å². The lowest BCUT2D eigenvalue weighted by atomic mass is 9.91. The van der Waals surface area contributed by atoms with Crippen molar-refractivity contribution in [3.63, 3.8) is 0 Å². The zero-order chi connectivity index (χ0) is 23.0. The van der Waals surface area contributed by atoms with Crippen molar-refractivity contribution in [1.29, 1.82) is 0 Å². The molecule has 4 atom stereocenters. The molecule has 8 heteroatoms. The van der Waals surface area contributed by atoms with E-state index >= 15 is 0 Å². The maximum absolute atomic E-state index is 10.5. The number of aliphatic hydroxyl groups is 4. The molecule has 0 saturated carbocycles. The molecule has 2 aromatic rings. The Labute approximate surface area is 187 Å². The van der Waals surface area contributed by atoms with Crippen LogP contribution in [0, 0.1) is 0 Å². The highest BCUT2D eigenvalue weighted by atomic mass is 16.6. The molecule has 1 unspecified atom stereocenters. The van der Waals surface area contributed by atoms with E-state index < -0.39 is 30.7 Å². The third-order valence-corrected chi connectivity index (χ3v) is 5.99. The second-order valence-electron chi connectivity index (χ2n) is 9.10. The SMILES string of the molecule is COc1ccc([C@@H]2OC(C(O)O)C[C@H](O)[C@H]2O)cc1Cc1ccc2c(c1)NCC(C)(C)O2. The van der Waals surface area contributed by atoms with Crippen LogP contribution in [-0.2, 0) is 11.2 Å². The molecule has 32 heavy (non-hydrogen) atoms. The molecule has 2 aliphatic rings. The number of nitrogens with one attached hydrogen (secondary N) is 1. The molecule has 0 spiro atoms. The summed E-state index contributed by atoms with van der Waals surface area (Å²) < 4.78 is 17.3. The second-order valence-corrected chi connectivity index (χ2v) is 9.10. The predicted molar refractivity (Wildman–Crippen MR) is 118 cm³/mol. The van der Waals surface area contributed by atoms with Crippen LogP contribution in [0.25, 0.3) is 0 Å². The molecule has 8 nitrogen and oxygen atoms in total. The molecular formula is C24H31NO7. The summed E-state index contributed by atoms with van der Waals surface area (Å²) in [7, 11) is 1.59. The summed E-state index contributed by atoms with van der Waals surface area (Å²) >= 11 is 0. The van der Waals surface area contributed by atoms with E-state index in [2.05, 4.69) is 5.32 Å². The number of anilines is 1. The van der Waals surface area contributed by atoms with Gasteiger partial charge in [0, 0.05) is 12.8 Å². The molecule has 174 valence electrons. The van der Waals surface area contributed by atoms with Gasteiger partial charge in [0.2, 0.25) is 0 Å². The van der Waals surface area contributed by atoms with Crippen molar-refractivity contribution in [1.82, 2.24) is 0 Å². The smallest absolute Gasteiger partial charge is 0.178 e. The van der Waals surface area contributed by atoms with Crippen LogP contribution < -0.4 is 14.8 Å². The van der Waals surface area contributed by atoms with E-state index in [0.29, 0.717) is 24.3 Å². The Morgan fingerprint density at radius 1 is 1.16 bits per heavy atom. The molecule has 4 rings (SSSR count). The van der Waals surface area contributed by atoms with Gasteiger partial charge in [-0.05, 0) is 54.8 Å². The maximum Gasteiger partial charge on any atom is 0.178 e. The first-order valence-electron chi connectivity index (χ1n) is 10.8. The Hall–Kier alpha value is -2.36. The summed E-state index contributed by atoms with van der Waals surface area (Å²) in [4.78, 5) is 0. The molecule has 0 aliphatic carbocycles. The molecule has 2 aliphatic heterocycles. The van der Waals surface area contributed by atoms with Crippen molar-refractivity contribution in [2.75, 3.05) is 19.0 Å². The Morgan fingerprint density at radius 2 is 1.94 bits per heavy atom. The molecule has 1 saturated heterocycles. The average molecular weight is 446 g/mol. The Bertz CT molecular complexity index is 961. The van der Waals surface area contributed by atoms with Crippen molar-refractivity contribution < 1.29 is 34.6 Å². The van der Waals surface area contributed by atoms with Crippen molar-refractivity contribution >= 4 is 5.69 Å². The number of aliphatic hydroxyl groups excluding tert-OH is 3. The van der Waals surface area contributed by atoms with Gasteiger partial charge in [0.15, 0.2) is 6.29 Å². The highest BCUT2D eigenvalue weighted by Gasteiger charge is 2.40. The number of benzene rings is 2. The second kappa shape index (κ2) is 8.88. The molecular weight excluding hydrogens is 414 g/mol. The van der Waals surface area contributed by atoms with Crippen LogP contribution in [0.15, 0.2) is 36.4 Å². The number of ether oxygens (including phenoxy) is 3. The van der Waals surface area contributed by atoms with Crippen LogP contribution in [0.5, 0.6) is 11.5 Å². The lowest BCUT2D eigenvalue weighted by molar-refractivity contribution is -0.233. The molecule has 1 fully saturated rings. The van der Waals surface area contributed by atoms with Gasteiger partial charge >= 0.3 is 0 Å². The summed E-state index contributed by atoms with van der Waals surface area (Å²) in [5.74, 6) is 1.49. The van der Waals surface area contributed by atoms with Gasteiger partial charge in [-0.2, -0.15) is 0 Å². The van der Waals surface area contributed by atoms with Crippen LogP contribution in [0.4, 0.5) is 5.69 Å². The van der Waals surface area contributed by atoms with Gasteiger partial charge in [-0.1, -0.05) is 12.1 Å². The molecule has 2 heterocycles. The van der Waals surface area contributed by atoms with Crippen LogP contribution in [0.3, 0.4) is 0 Å². The summed E-state index contributed by atoms with van der Waals surface area (Å²) in [6.07, 6.45) is -5.42. The van der Waals surface area contributed by atoms with E-state index in [4.69, 9.17) is 14.2 Å². The van der Waals surface area contributed by atoms with Crippen molar-refractivity contribution in [2.45, 2.75) is 63.0 Å². The fraction of sp³-hybridized carbons (Fsp3) is 0.500. The summed E-state index contributed by atoms with van der Waals surface area (Å²) in [5.41, 5.74) is 3.21. The normalized spacial score (nSPS) is 26.8. The fourth-order valence-corrected chi connectivity index (χ4v) is 4.26. The van der Waals surface area contributed by atoms with Gasteiger partial charge < -0.3 is 40.0 Å². The first kappa shape index (κ1) is 22.8. The van der Waals surface area contributed by atoms with E-state index in [0.717, 1.165) is 22.6 Å². The summed E-state index contributed by atoms with van der Waals surface area (Å²) in [6.45, 7) is 4.78. The number of rotatable bonds is 5. The molecule has 0 bridgehead atoms.